The molecule has 2 saturated heterocycles. The standard InChI is InChI=1S/C21H28FN3O3S/c1-16(26)17-5-6-19(18(22)13-17)29-15-21(28)25-11-9-23(10-12-25)14-20(27)24-7-3-2-4-8-24/h5-6,13H,2-4,7-12,14-15H2,1H3. The zero-order valence-corrected chi connectivity index (χ0v) is 17.7. The SMILES string of the molecule is CC(=O)c1ccc(SCC(=O)N2CCN(CC(=O)N3CCCCC3)CC2)c(F)c1. The summed E-state index contributed by atoms with van der Waals surface area (Å²) < 4.78 is 14.1. The Morgan fingerprint density at radius 2 is 1.59 bits per heavy atom. The Bertz CT molecular complexity index is 760. The number of hydrogen-bond donors (Lipinski definition) is 0. The molecule has 0 unspecified atom stereocenters. The zero-order chi connectivity index (χ0) is 20.8. The molecule has 0 saturated carbocycles. The number of piperazine rings is 1. The fourth-order valence-electron chi connectivity index (χ4n) is 3.66. The summed E-state index contributed by atoms with van der Waals surface area (Å²) in [6.45, 7) is 6.05. The summed E-state index contributed by atoms with van der Waals surface area (Å²) in [7, 11) is 0. The first kappa shape index (κ1) is 21.8. The molecule has 2 aliphatic rings. The van der Waals surface area contributed by atoms with Gasteiger partial charge in [-0.2, -0.15) is 0 Å². The van der Waals surface area contributed by atoms with Crippen molar-refractivity contribution in [1.82, 2.24) is 14.7 Å². The van der Waals surface area contributed by atoms with E-state index in [0.29, 0.717) is 43.2 Å². The molecular weight excluding hydrogens is 393 g/mol. The molecule has 0 radical (unpaired) electrons. The molecule has 2 fully saturated rings. The van der Waals surface area contributed by atoms with E-state index in [9.17, 15) is 18.8 Å². The van der Waals surface area contributed by atoms with Crippen molar-refractivity contribution in [3.63, 3.8) is 0 Å². The average molecular weight is 422 g/mol. The molecule has 8 heteroatoms. The summed E-state index contributed by atoms with van der Waals surface area (Å²) in [5.74, 6) is -0.357. The third kappa shape index (κ3) is 6.02. The molecule has 0 aromatic heterocycles. The Morgan fingerprint density at radius 1 is 0.931 bits per heavy atom. The minimum atomic E-state index is -0.475. The molecule has 0 atom stereocenters. The molecule has 29 heavy (non-hydrogen) atoms. The molecule has 0 spiro atoms. The Balaban J connectivity index is 1.42. The van der Waals surface area contributed by atoms with Gasteiger partial charge in [0.2, 0.25) is 11.8 Å². The molecule has 0 bridgehead atoms. The van der Waals surface area contributed by atoms with Gasteiger partial charge in [-0.1, -0.05) is 6.07 Å². The quantitative estimate of drug-likeness (QED) is 0.521. The Kier molecular flexibility index (Phi) is 7.66. The highest BCUT2D eigenvalue weighted by molar-refractivity contribution is 8.00. The summed E-state index contributed by atoms with van der Waals surface area (Å²) in [5.41, 5.74) is 0.327. The third-order valence-electron chi connectivity index (χ3n) is 5.48. The largest absolute Gasteiger partial charge is 0.342 e. The van der Waals surface area contributed by atoms with Gasteiger partial charge in [-0.05, 0) is 38.3 Å². The van der Waals surface area contributed by atoms with Gasteiger partial charge in [-0.15, -0.1) is 11.8 Å². The second kappa shape index (κ2) is 10.2. The molecule has 2 aliphatic heterocycles. The topological polar surface area (TPSA) is 60.9 Å². The summed E-state index contributed by atoms with van der Waals surface area (Å²) >= 11 is 1.15. The van der Waals surface area contributed by atoms with Crippen LogP contribution >= 0.6 is 11.8 Å². The van der Waals surface area contributed by atoms with Crippen molar-refractivity contribution < 1.29 is 18.8 Å². The summed E-state index contributed by atoms with van der Waals surface area (Å²) in [6, 6.07) is 4.35. The smallest absolute Gasteiger partial charge is 0.236 e. The number of carbonyl (C=O) groups excluding carboxylic acids is 3. The van der Waals surface area contributed by atoms with Gasteiger partial charge in [0, 0.05) is 49.7 Å². The third-order valence-corrected chi connectivity index (χ3v) is 6.52. The van der Waals surface area contributed by atoms with Gasteiger partial charge in [-0.3, -0.25) is 19.3 Å². The zero-order valence-electron chi connectivity index (χ0n) is 16.9. The van der Waals surface area contributed by atoms with E-state index >= 15 is 0 Å². The van der Waals surface area contributed by atoms with Crippen molar-refractivity contribution in [2.75, 3.05) is 51.6 Å². The van der Waals surface area contributed by atoms with Crippen molar-refractivity contribution in [2.24, 2.45) is 0 Å². The van der Waals surface area contributed by atoms with E-state index in [2.05, 4.69) is 4.90 Å². The van der Waals surface area contributed by atoms with Crippen molar-refractivity contribution in [3.05, 3.63) is 29.6 Å². The van der Waals surface area contributed by atoms with Crippen LogP contribution < -0.4 is 0 Å². The maximum Gasteiger partial charge on any atom is 0.236 e. The molecule has 158 valence electrons. The lowest BCUT2D eigenvalue weighted by Gasteiger charge is -2.36. The van der Waals surface area contributed by atoms with E-state index in [1.54, 1.807) is 17.0 Å². The number of halogens is 1. The van der Waals surface area contributed by atoms with Gasteiger partial charge >= 0.3 is 0 Å². The minimum Gasteiger partial charge on any atom is -0.342 e. The van der Waals surface area contributed by atoms with Crippen LogP contribution in [0.1, 0.15) is 36.5 Å². The van der Waals surface area contributed by atoms with Crippen molar-refractivity contribution >= 4 is 29.4 Å². The predicted molar refractivity (Wildman–Crippen MR) is 111 cm³/mol. The number of hydrogen-bond acceptors (Lipinski definition) is 5. The molecule has 3 rings (SSSR count). The summed E-state index contributed by atoms with van der Waals surface area (Å²) in [5, 5.41) is 0. The molecule has 1 aromatic rings. The molecule has 2 amide bonds. The number of ketones is 1. The highest BCUT2D eigenvalue weighted by Gasteiger charge is 2.25. The highest BCUT2D eigenvalue weighted by Crippen LogP contribution is 2.23. The van der Waals surface area contributed by atoms with Crippen LogP contribution in [-0.2, 0) is 9.59 Å². The monoisotopic (exact) mass is 421 g/mol. The van der Waals surface area contributed by atoms with Crippen LogP contribution in [0.25, 0.3) is 0 Å². The number of Topliss-reactive ketones (excluding diaryl/α,β-unsaturated/α-hetero) is 1. The van der Waals surface area contributed by atoms with Gasteiger partial charge in [-0.25, -0.2) is 4.39 Å². The summed E-state index contributed by atoms with van der Waals surface area (Å²) in [6.07, 6.45) is 3.38. The fraction of sp³-hybridized carbons (Fsp3) is 0.571. The molecule has 2 heterocycles. The Labute approximate surface area is 175 Å². The van der Waals surface area contributed by atoms with E-state index in [-0.39, 0.29) is 23.4 Å². The van der Waals surface area contributed by atoms with Crippen LogP contribution in [0.3, 0.4) is 0 Å². The van der Waals surface area contributed by atoms with Crippen LogP contribution in [0.4, 0.5) is 4.39 Å². The first-order valence-corrected chi connectivity index (χ1v) is 11.1. The number of likely N-dealkylation sites (tertiary alicyclic amines) is 1. The van der Waals surface area contributed by atoms with E-state index in [1.165, 1.54) is 19.4 Å². The molecule has 1 aromatic carbocycles. The molecular formula is C21H28FN3O3S. The minimum absolute atomic E-state index is 0.0351. The van der Waals surface area contributed by atoms with Gasteiger partial charge in [0.25, 0.3) is 0 Å². The van der Waals surface area contributed by atoms with E-state index in [0.717, 1.165) is 37.7 Å². The van der Waals surface area contributed by atoms with Gasteiger partial charge in [0.05, 0.1) is 12.3 Å². The number of rotatable bonds is 6. The highest BCUT2D eigenvalue weighted by atomic mass is 32.2. The second-order valence-corrected chi connectivity index (χ2v) is 8.61. The normalized spacial score (nSPS) is 18.0. The van der Waals surface area contributed by atoms with Crippen LogP contribution in [-0.4, -0.2) is 83.9 Å². The molecule has 0 N–H and O–H groups in total. The maximum atomic E-state index is 14.1. The molecule has 6 nitrogen and oxygen atoms in total. The first-order chi connectivity index (χ1) is 13.9. The number of nitrogens with zero attached hydrogens (tertiary/aromatic N) is 3. The fourth-order valence-corrected chi connectivity index (χ4v) is 4.48. The first-order valence-electron chi connectivity index (χ1n) is 10.2. The van der Waals surface area contributed by atoms with Crippen LogP contribution in [0.5, 0.6) is 0 Å². The predicted octanol–water partition coefficient (Wildman–Crippen LogP) is 2.28. The number of benzene rings is 1. The van der Waals surface area contributed by atoms with Gasteiger partial charge in [0.15, 0.2) is 5.78 Å². The lowest BCUT2D eigenvalue weighted by Crippen LogP contribution is -2.52. The van der Waals surface area contributed by atoms with Crippen molar-refractivity contribution in [1.29, 1.82) is 0 Å². The second-order valence-electron chi connectivity index (χ2n) is 7.59. The Hall–Kier alpha value is -1.93. The van der Waals surface area contributed by atoms with Crippen LogP contribution in [0.2, 0.25) is 0 Å². The number of piperidine rings is 1. The summed E-state index contributed by atoms with van der Waals surface area (Å²) in [4.78, 5) is 42.4. The number of carbonyl (C=O) groups is 3. The molecule has 0 aliphatic carbocycles. The van der Waals surface area contributed by atoms with E-state index < -0.39 is 5.82 Å². The van der Waals surface area contributed by atoms with E-state index in [1.807, 2.05) is 4.90 Å². The lowest BCUT2D eigenvalue weighted by atomic mass is 10.1. The number of thioether (sulfide) groups is 1. The van der Waals surface area contributed by atoms with Crippen LogP contribution in [0, 0.1) is 5.82 Å². The van der Waals surface area contributed by atoms with Gasteiger partial charge < -0.3 is 9.80 Å². The average Bonchev–Trinajstić information content (AvgIpc) is 2.73. The maximum absolute atomic E-state index is 14.1. The van der Waals surface area contributed by atoms with Crippen molar-refractivity contribution in [2.45, 2.75) is 31.1 Å². The van der Waals surface area contributed by atoms with Crippen molar-refractivity contribution in [3.8, 4) is 0 Å². The Morgan fingerprint density at radius 3 is 2.21 bits per heavy atom. The van der Waals surface area contributed by atoms with Gasteiger partial charge in [0.1, 0.15) is 5.82 Å². The van der Waals surface area contributed by atoms with E-state index in [4.69, 9.17) is 0 Å². The number of amides is 2. The van der Waals surface area contributed by atoms with Crippen LogP contribution in [0.15, 0.2) is 23.1 Å². The lowest BCUT2D eigenvalue weighted by molar-refractivity contribution is -0.134.